The van der Waals surface area contributed by atoms with E-state index in [1.807, 2.05) is 24.4 Å². The van der Waals surface area contributed by atoms with Gasteiger partial charge in [-0.1, -0.05) is 71.4 Å². The van der Waals surface area contributed by atoms with Crippen LogP contribution in [0.3, 0.4) is 0 Å². The Bertz CT molecular complexity index is 1330. The summed E-state index contributed by atoms with van der Waals surface area (Å²) >= 11 is 0. The normalized spacial score (nSPS) is 12.4. The molecule has 0 radical (unpaired) electrons. The summed E-state index contributed by atoms with van der Waals surface area (Å²) < 4.78 is 29.1. The van der Waals surface area contributed by atoms with Crippen molar-refractivity contribution >= 4 is 17.2 Å². The van der Waals surface area contributed by atoms with Crippen molar-refractivity contribution in [2.24, 2.45) is 0 Å². The Hall–Kier alpha value is -3.25. The van der Waals surface area contributed by atoms with Gasteiger partial charge in [-0.3, -0.25) is 4.90 Å². The van der Waals surface area contributed by atoms with E-state index in [0.29, 0.717) is 23.5 Å². The average molecular weight is 591 g/mol. The summed E-state index contributed by atoms with van der Waals surface area (Å²) in [7, 11) is 0. The van der Waals surface area contributed by atoms with Crippen LogP contribution in [0.2, 0.25) is 0 Å². The second-order valence-electron chi connectivity index (χ2n) is 11.8. The minimum atomic E-state index is -2.91. The first kappa shape index (κ1) is 34.2. The van der Waals surface area contributed by atoms with Gasteiger partial charge in [-0.05, 0) is 104 Å². The topological polar surface area (TPSA) is 40.2 Å². The molecule has 0 bridgehead atoms. The van der Waals surface area contributed by atoms with Gasteiger partial charge in [0.2, 0.25) is 0 Å². The maximum absolute atomic E-state index is 14.5. The SMILES string of the molecule is C=C(Nc1ccc(CN(CCC)CCCC)c(C(C)(F)F)c1)c1ccc(CCC)c(C)c1.CCc1cnc2c(c1)CCN2. The lowest BCUT2D eigenvalue weighted by molar-refractivity contribution is 0.0159. The van der Waals surface area contributed by atoms with Crippen molar-refractivity contribution in [1.29, 1.82) is 0 Å². The Morgan fingerprint density at radius 2 is 1.77 bits per heavy atom. The second-order valence-corrected chi connectivity index (χ2v) is 11.8. The van der Waals surface area contributed by atoms with Gasteiger partial charge in [0.1, 0.15) is 5.82 Å². The van der Waals surface area contributed by atoms with Crippen molar-refractivity contribution in [1.82, 2.24) is 9.88 Å². The Morgan fingerprint density at radius 3 is 2.42 bits per heavy atom. The largest absolute Gasteiger partial charge is 0.370 e. The molecule has 43 heavy (non-hydrogen) atoms. The van der Waals surface area contributed by atoms with E-state index in [-0.39, 0.29) is 5.56 Å². The maximum Gasteiger partial charge on any atom is 0.270 e. The molecule has 4 nitrogen and oxygen atoms in total. The highest BCUT2D eigenvalue weighted by Crippen LogP contribution is 2.34. The lowest BCUT2D eigenvalue weighted by atomic mass is 9.99. The first-order valence-electron chi connectivity index (χ1n) is 16.1. The molecule has 0 aliphatic carbocycles. The standard InChI is InChI=1S/C28H40F2N2.C9H12N2/c1-7-10-17-32(16-9-3)20-25-14-15-26(19-27(25)28(6,29)30)31-22(5)24-13-12-23(11-8-2)21(4)18-24;1-2-7-5-8-3-4-10-9(8)11-6-7/h12-15,18-19,31H,5,7-11,16-17,20H2,1-4,6H3;5-6H,2-4H2,1H3,(H,10,11). The van der Waals surface area contributed by atoms with E-state index in [2.05, 4.69) is 79.9 Å². The predicted molar refractivity (Wildman–Crippen MR) is 180 cm³/mol. The van der Waals surface area contributed by atoms with Crippen molar-refractivity contribution in [2.75, 3.05) is 30.3 Å². The number of anilines is 2. The summed E-state index contributed by atoms with van der Waals surface area (Å²) in [4.78, 5) is 6.60. The van der Waals surface area contributed by atoms with Gasteiger partial charge in [-0.15, -0.1) is 0 Å². The van der Waals surface area contributed by atoms with Crippen LogP contribution in [0, 0.1) is 6.92 Å². The van der Waals surface area contributed by atoms with Crippen LogP contribution in [0.5, 0.6) is 0 Å². The van der Waals surface area contributed by atoms with E-state index in [9.17, 15) is 8.78 Å². The number of aromatic nitrogens is 1. The maximum atomic E-state index is 14.5. The molecule has 0 spiro atoms. The minimum absolute atomic E-state index is 0.0855. The zero-order valence-electron chi connectivity index (χ0n) is 27.3. The smallest absolute Gasteiger partial charge is 0.270 e. The molecule has 4 rings (SSSR count). The minimum Gasteiger partial charge on any atom is -0.370 e. The fraction of sp³-hybridized carbons (Fsp3) is 0.486. The summed E-state index contributed by atoms with van der Waals surface area (Å²) in [6, 6.07) is 13.9. The zero-order chi connectivity index (χ0) is 31.4. The van der Waals surface area contributed by atoms with Crippen LogP contribution in [-0.4, -0.2) is 29.5 Å². The highest BCUT2D eigenvalue weighted by atomic mass is 19.3. The van der Waals surface area contributed by atoms with Crippen molar-refractivity contribution in [3.63, 3.8) is 0 Å². The molecular weight excluding hydrogens is 538 g/mol. The first-order valence-corrected chi connectivity index (χ1v) is 16.1. The molecule has 1 aliphatic rings. The number of fused-ring (bicyclic) bond motifs is 1. The van der Waals surface area contributed by atoms with Crippen molar-refractivity contribution < 1.29 is 8.78 Å². The number of pyridine rings is 1. The Balaban J connectivity index is 0.000000380. The van der Waals surface area contributed by atoms with E-state index >= 15 is 0 Å². The molecule has 1 aliphatic heterocycles. The van der Waals surface area contributed by atoms with E-state index in [1.54, 1.807) is 6.07 Å². The van der Waals surface area contributed by atoms with Crippen molar-refractivity contribution in [3.05, 3.63) is 94.2 Å². The molecule has 0 saturated carbocycles. The van der Waals surface area contributed by atoms with Crippen LogP contribution in [0.1, 0.15) is 99.2 Å². The number of aryl methyl sites for hydroxylation is 3. The first-order chi connectivity index (χ1) is 20.6. The molecule has 6 heteroatoms. The molecule has 2 aromatic carbocycles. The molecular formula is C37H52F2N4. The number of benzene rings is 2. The number of alkyl halides is 2. The van der Waals surface area contributed by atoms with Crippen LogP contribution in [0.15, 0.2) is 55.2 Å². The Labute approximate surface area is 259 Å². The third-order valence-corrected chi connectivity index (χ3v) is 7.97. The number of unbranched alkanes of at least 4 members (excludes halogenated alkanes) is 1. The van der Waals surface area contributed by atoms with Gasteiger partial charge in [0.25, 0.3) is 5.92 Å². The molecule has 0 unspecified atom stereocenters. The number of nitrogens with one attached hydrogen (secondary N) is 2. The number of halogens is 2. The van der Waals surface area contributed by atoms with Gasteiger partial charge in [0, 0.05) is 43.2 Å². The van der Waals surface area contributed by atoms with Gasteiger partial charge in [-0.25, -0.2) is 13.8 Å². The molecule has 234 valence electrons. The van der Waals surface area contributed by atoms with E-state index in [0.717, 1.165) is 82.9 Å². The van der Waals surface area contributed by atoms with Gasteiger partial charge in [0.05, 0.1) is 0 Å². The van der Waals surface area contributed by atoms with Gasteiger partial charge in [0.15, 0.2) is 0 Å². The van der Waals surface area contributed by atoms with Gasteiger partial charge in [-0.2, -0.15) is 0 Å². The summed E-state index contributed by atoms with van der Waals surface area (Å²) in [5.74, 6) is -1.82. The molecule has 0 atom stereocenters. The van der Waals surface area contributed by atoms with Gasteiger partial charge >= 0.3 is 0 Å². The Morgan fingerprint density at radius 1 is 1.00 bits per heavy atom. The van der Waals surface area contributed by atoms with E-state index < -0.39 is 5.92 Å². The molecule has 0 saturated heterocycles. The van der Waals surface area contributed by atoms with Crippen molar-refractivity contribution in [3.8, 4) is 0 Å². The summed E-state index contributed by atoms with van der Waals surface area (Å²) in [6.07, 6.45) is 9.52. The predicted octanol–water partition coefficient (Wildman–Crippen LogP) is 9.77. The quantitative estimate of drug-likeness (QED) is 0.196. The zero-order valence-corrected chi connectivity index (χ0v) is 27.3. The summed E-state index contributed by atoms with van der Waals surface area (Å²) in [6.45, 7) is 19.3. The monoisotopic (exact) mass is 590 g/mol. The van der Waals surface area contributed by atoms with Crippen molar-refractivity contribution in [2.45, 2.75) is 99.0 Å². The average Bonchev–Trinajstić information content (AvgIpc) is 3.45. The fourth-order valence-electron chi connectivity index (χ4n) is 5.51. The number of rotatable bonds is 14. The van der Waals surface area contributed by atoms with Crippen LogP contribution in [0.4, 0.5) is 20.3 Å². The molecule has 2 heterocycles. The van der Waals surface area contributed by atoms with Crippen LogP contribution < -0.4 is 10.6 Å². The summed E-state index contributed by atoms with van der Waals surface area (Å²) in [5, 5.41) is 6.49. The Kier molecular flexibility index (Phi) is 13.2. The molecule has 3 aromatic rings. The summed E-state index contributed by atoms with van der Waals surface area (Å²) in [5.41, 5.74) is 8.39. The van der Waals surface area contributed by atoms with E-state index in [1.165, 1.54) is 22.3 Å². The third-order valence-electron chi connectivity index (χ3n) is 7.97. The van der Waals surface area contributed by atoms with Crippen LogP contribution in [0.25, 0.3) is 5.70 Å². The highest BCUT2D eigenvalue weighted by molar-refractivity contribution is 5.76. The molecule has 1 aromatic heterocycles. The van der Waals surface area contributed by atoms with Crippen LogP contribution in [-0.2, 0) is 31.7 Å². The number of hydrogen-bond donors (Lipinski definition) is 2. The number of hydrogen-bond acceptors (Lipinski definition) is 4. The number of nitrogens with zero attached hydrogens (tertiary/aromatic N) is 2. The molecule has 2 N–H and O–H groups in total. The lowest BCUT2D eigenvalue weighted by Gasteiger charge is -2.25. The third kappa shape index (κ3) is 10.2. The molecule has 0 amide bonds. The van der Waals surface area contributed by atoms with Gasteiger partial charge < -0.3 is 10.6 Å². The van der Waals surface area contributed by atoms with E-state index in [4.69, 9.17) is 0 Å². The van der Waals surface area contributed by atoms with Crippen LogP contribution >= 0.6 is 0 Å². The fourth-order valence-corrected chi connectivity index (χ4v) is 5.51. The highest BCUT2D eigenvalue weighted by Gasteiger charge is 2.28. The second kappa shape index (κ2) is 16.6. The lowest BCUT2D eigenvalue weighted by Crippen LogP contribution is -2.27. The molecule has 0 fully saturated rings.